The average molecular weight is 445 g/mol. The molecule has 146 valence electrons. The molecule has 2 atom stereocenters. The van der Waals surface area contributed by atoms with Crippen LogP contribution in [0.25, 0.3) is 11.1 Å². The molecule has 0 saturated carbocycles. The zero-order valence-electron chi connectivity index (χ0n) is 15.9. The molecule has 8 heteroatoms. The smallest absolute Gasteiger partial charge is 0.298 e. The third kappa shape index (κ3) is 3.74. The molecule has 0 radical (unpaired) electrons. The van der Waals surface area contributed by atoms with E-state index in [9.17, 15) is 4.79 Å². The highest BCUT2D eigenvalue weighted by Crippen LogP contribution is 2.28. The summed E-state index contributed by atoms with van der Waals surface area (Å²) in [4.78, 5) is 25.2. The van der Waals surface area contributed by atoms with Gasteiger partial charge in [-0.05, 0) is 54.0 Å². The van der Waals surface area contributed by atoms with Crippen LogP contribution >= 0.6 is 15.9 Å². The summed E-state index contributed by atoms with van der Waals surface area (Å²) in [5, 5.41) is 0. The first-order chi connectivity index (χ1) is 13.4. The van der Waals surface area contributed by atoms with Crippen LogP contribution < -0.4 is 9.80 Å². The SMILES string of the molecule is CC1CN(c2nc3ccc(N(C)C(=O)c4cccc(Br)n4)cc3o2)CC(C)O1. The zero-order valence-corrected chi connectivity index (χ0v) is 17.5. The number of hydrogen-bond acceptors (Lipinski definition) is 6. The molecule has 3 aromatic rings. The number of nitrogens with zero attached hydrogens (tertiary/aromatic N) is 4. The minimum atomic E-state index is -0.198. The van der Waals surface area contributed by atoms with Crippen LogP contribution in [0.5, 0.6) is 0 Å². The molecule has 7 nitrogen and oxygen atoms in total. The van der Waals surface area contributed by atoms with E-state index in [0.717, 1.165) is 18.6 Å². The van der Waals surface area contributed by atoms with Crippen molar-refractivity contribution in [3.63, 3.8) is 0 Å². The van der Waals surface area contributed by atoms with Crippen LogP contribution in [0.15, 0.2) is 45.4 Å². The Bertz CT molecular complexity index is 1010. The van der Waals surface area contributed by atoms with E-state index in [2.05, 4.69) is 30.8 Å². The molecule has 1 aliphatic rings. The number of oxazole rings is 1. The van der Waals surface area contributed by atoms with Gasteiger partial charge in [0, 0.05) is 31.9 Å². The normalized spacial score (nSPS) is 19.8. The monoisotopic (exact) mass is 444 g/mol. The van der Waals surface area contributed by atoms with Crippen molar-refractivity contribution in [3.05, 3.63) is 46.7 Å². The second-order valence-electron chi connectivity index (χ2n) is 7.02. The molecule has 4 rings (SSSR count). The number of fused-ring (bicyclic) bond motifs is 1. The lowest BCUT2D eigenvalue weighted by molar-refractivity contribution is -0.00662. The Morgan fingerprint density at radius 3 is 2.64 bits per heavy atom. The van der Waals surface area contributed by atoms with Crippen molar-refractivity contribution < 1.29 is 13.9 Å². The maximum atomic E-state index is 12.7. The van der Waals surface area contributed by atoms with Crippen LogP contribution in [-0.4, -0.2) is 48.2 Å². The van der Waals surface area contributed by atoms with E-state index in [4.69, 9.17) is 9.15 Å². The number of amides is 1. The molecule has 28 heavy (non-hydrogen) atoms. The highest BCUT2D eigenvalue weighted by molar-refractivity contribution is 9.10. The van der Waals surface area contributed by atoms with Gasteiger partial charge in [-0.15, -0.1) is 0 Å². The molecule has 1 saturated heterocycles. The summed E-state index contributed by atoms with van der Waals surface area (Å²) in [6, 6.07) is 11.4. The fourth-order valence-corrected chi connectivity index (χ4v) is 3.74. The summed E-state index contributed by atoms with van der Waals surface area (Å²) in [6.45, 7) is 5.55. The first-order valence-electron chi connectivity index (χ1n) is 9.12. The summed E-state index contributed by atoms with van der Waals surface area (Å²) >= 11 is 3.30. The third-order valence-corrected chi connectivity index (χ3v) is 5.12. The number of anilines is 2. The Labute approximate surface area is 171 Å². The Morgan fingerprint density at radius 1 is 1.18 bits per heavy atom. The summed E-state index contributed by atoms with van der Waals surface area (Å²) in [7, 11) is 1.72. The van der Waals surface area contributed by atoms with Gasteiger partial charge in [-0.2, -0.15) is 4.98 Å². The van der Waals surface area contributed by atoms with Gasteiger partial charge >= 0.3 is 0 Å². The van der Waals surface area contributed by atoms with Crippen LogP contribution in [-0.2, 0) is 4.74 Å². The molecule has 3 heterocycles. The van der Waals surface area contributed by atoms with Crippen molar-refractivity contribution in [2.75, 3.05) is 29.9 Å². The highest BCUT2D eigenvalue weighted by atomic mass is 79.9. The molecule has 2 unspecified atom stereocenters. The summed E-state index contributed by atoms with van der Waals surface area (Å²) in [5.74, 6) is -0.198. The maximum absolute atomic E-state index is 12.7. The standard InChI is InChI=1S/C20H21BrN4O3/c1-12-10-25(11-13(2)27-12)20-23-15-8-7-14(9-17(15)28-20)24(3)19(26)16-5-4-6-18(21)22-16/h4-9,12-13H,10-11H2,1-3H3. The number of rotatable bonds is 3. The van der Waals surface area contributed by atoms with E-state index in [1.54, 1.807) is 30.1 Å². The number of carbonyl (C=O) groups excluding carboxylic acids is 1. The lowest BCUT2D eigenvalue weighted by atomic mass is 10.2. The van der Waals surface area contributed by atoms with E-state index < -0.39 is 0 Å². The molecule has 0 spiro atoms. The first-order valence-corrected chi connectivity index (χ1v) is 9.91. The van der Waals surface area contributed by atoms with Gasteiger partial charge in [0.25, 0.3) is 11.9 Å². The maximum Gasteiger partial charge on any atom is 0.298 e. The van der Waals surface area contributed by atoms with E-state index in [1.165, 1.54) is 0 Å². The second kappa shape index (κ2) is 7.52. The minimum absolute atomic E-state index is 0.121. The Balaban J connectivity index is 1.60. The number of carbonyl (C=O) groups is 1. The van der Waals surface area contributed by atoms with Crippen LogP contribution in [0.4, 0.5) is 11.7 Å². The van der Waals surface area contributed by atoms with Gasteiger partial charge in [-0.3, -0.25) is 4.79 Å². The van der Waals surface area contributed by atoms with Gasteiger partial charge in [-0.25, -0.2) is 4.98 Å². The number of hydrogen-bond donors (Lipinski definition) is 0. The lowest BCUT2D eigenvalue weighted by Crippen LogP contribution is -2.45. The van der Waals surface area contributed by atoms with Gasteiger partial charge in [0.1, 0.15) is 15.8 Å². The van der Waals surface area contributed by atoms with Crippen molar-refractivity contribution in [1.82, 2.24) is 9.97 Å². The predicted molar refractivity (Wildman–Crippen MR) is 111 cm³/mol. The second-order valence-corrected chi connectivity index (χ2v) is 7.83. The van der Waals surface area contributed by atoms with E-state index in [1.807, 2.05) is 32.0 Å². The van der Waals surface area contributed by atoms with Crippen molar-refractivity contribution >= 4 is 44.6 Å². The fraction of sp³-hybridized carbons (Fsp3) is 0.350. The molecule has 1 amide bonds. The third-order valence-electron chi connectivity index (χ3n) is 4.68. The Kier molecular flexibility index (Phi) is 5.07. The van der Waals surface area contributed by atoms with Crippen LogP contribution in [0, 0.1) is 0 Å². The van der Waals surface area contributed by atoms with Crippen LogP contribution in [0.2, 0.25) is 0 Å². The van der Waals surface area contributed by atoms with Crippen LogP contribution in [0.3, 0.4) is 0 Å². The van der Waals surface area contributed by atoms with Crippen molar-refractivity contribution in [1.29, 1.82) is 0 Å². The number of ether oxygens (including phenoxy) is 1. The number of pyridine rings is 1. The molecule has 0 N–H and O–H groups in total. The predicted octanol–water partition coefficient (Wildman–Crippen LogP) is 3.88. The van der Waals surface area contributed by atoms with Gasteiger partial charge in [0.2, 0.25) is 0 Å². The molecule has 1 fully saturated rings. The number of benzene rings is 1. The van der Waals surface area contributed by atoms with E-state index in [-0.39, 0.29) is 18.1 Å². The van der Waals surface area contributed by atoms with E-state index in [0.29, 0.717) is 27.6 Å². The molecule has 2 aromatic heterocycles. The number of halogens is 1. The van der Waals surface area contributed by atoms with E-state index >= 15 is 0 Å². The number of morpholine rings is 1. The molecular formula is C20H21BrN4O3. The molecule has 0 bridgehead atoms. The molecular weight excluding hydrogens is 424 g/mol. The quantitative estimate of drug-likeness (QED) is 0.570. The van der Waals surface area contributed by atoms with Gasteiger partial charge < -0.3 is 19.0 Å². The minimum Gasteiger partial charge on any atom is -0.423 e. The largest absolute Gasteiger partial charge is 0.423 e. The highest BCUT2D eigenvalue weighted by Gasteiger charge is 2.26. The van der Waals surface area contributed by atoms with Crippen molar-refractivity contribution in [2.24, 2.45) is 0 Å². The Morgan fingerprint density at radius 2 is 1.93 bits per heavy atom. The summed E-state index contributed by atoms with van der Waals surface area (Å²) in [6.07, 6.45) is 0.242. The van der Waals surface area contributed by atoms with Gasteiger partial charge in [-0.1, -0.05) is 6.07 Å². The zero-order chi connectivity index (χ0) is 19.8. The first kappa shape index (κ1) is 18.9. The van der Waals surface area contributed by atoms with Crippen molar-refractivity contribution in [2.45, 2.75) is 26.1 Å². The Hall–Kier alpha value is -2.45. The molecule has 1 aromatic carbocycles. The molecule has 0 aliphatic carbocycles. The lowest BCUT2D eigenvalue weighted by Gasteiger charge is -2.34. The van der Waals surface area contributed by atoms with Gasteiger partial charge in [0.05, 0.1) is 12.2 Å². The summed E-state index contributed by atoms with van der Waals surface area (Å²) in [5.41, 5.74) is 2.48. The van der Waals surface area contributed by atoms with Crippen molar-refractivity contribution in [3.8, 4) is 0 Å². The summed E-state index contributed by atoms with van der Waals surface area (Å²) < 4.78 is 12.4. The molecule has 1 aliphatic heterocycles. The van der Waals surface area contributed by atoms with Gasteiger partial charge in [0.15, 0.2) is 5.58 Å². The van der Waals surface area contributed by atoms with Crippen LogP contribution in [0.1, 0.15) is 24.3 Å². The fourth-order valence-electron chi connectivity index (χ4n) is 3.40. The average Bonchev–Trinajstić information content (AvgIpc) is 3.09. The topological polar surface area (TPSA) is 71.7 Å². The number of aromatic nitrogens is 2.